The number of aromatic nitrogens is 4. The highest BCUT2D eigenvalue weighted by atomic mass is 19.4. The molecule has 0 spiro atoms. The van der Waals surface area contributed by atoms with Gasteiger partial charge in [-0.25, -0.2) is 9.97 Å². The molecule has 4 heterocycles. The Morgan fingerprint density at radius 1 is 1.10 bits per heavy atom. The van der Waals surface area contributed by atoms with Gasteiger partial charge in [-0.1, -0.05) is 0 Å². The van der Waals surface area contributed by atoms with E-state index < -0.39 is 41.9 Å². The fourth-order valence-electron chi connectivity index (χ4n) is 4.00. The Morgan fingerprint density at radius 2 is 1.77 bits per heavy atom. The number of aliphatic hydroxyl groups excluding tert-OH is 1. The molecule has 1 fully saturated rings. The maximum Gasteiger partial charge on any atom is 0.433 e. The zero-order valence-corrected chi connectivity index (χ0v) is 15.6. The molecule has 168 valence electrons. The summed E-state index contributed by atoms with van der Waals surface area (Å²) in [5, 5.41) is 18.3. The van der Waals surface area contributed by atoms with Gasteiger partial charge in [0.15, 0.2) is 5.82 Å². The lowest BCUT2D eigenvalue weighted by Crippen LogP contribution is -2.44. The second kappa shape index (κ2) is 7.35. The van der Waals surface area contributed by atoms with Gasteiger partial charge < -0.3 is 15.3 Å². The van der Waals surface area contributed by atoms with E-state index in [1.54, 1.807) is 4.90 Å². The van der Waals surface area contributed by atoms with E-state index in [1.807, 2.05) is 0 Å². The number of hydrogen-bond acceptors (Lipinski definition) is 6. The minimum absolute atomic E-state index is 0.0725. The van der Waals surface area contributed by atoms with Gasteiger partial charge in [-0.15, -0.1) is 0 Å². The van der Waals surface area contributed by atoms with Gasteiger partial charge >= 0.3 is 12.4 Å². The van der Waals surface area contributed by atoms with Crippen LogP contribution in [0, 0.1) is 0 Å². The first-order valence-electron chi connectivity index (χ1n) is 9.24. The Labute approximate surface area is 170 Å². The molecule has 2 atom stereocenters. The molecule has 2 aliphatic rings. The molecule has 2 aromatic rings. The number of rotatable bonds is 2. The van der Waals surface area contributed by atoms with Gasteiger partial charge in [-0.05, 0) is 12.8 Å². The van der Waals surface area contributed by atoms with Crippen LogP contribution in [0.4, 0.5) is 38.0 Å². The van der Waals surface area contributed by atoms with Crippen LogP contribution in [-0.2, 0) is 11.0 Å². The molecule has 0 saturated carbocycles. The summed E-state index contributed by atoms with van der Waals surface area (Å²) in [5.41, 5.74) is -1.24. The van der Waals surface area contributed by atoms with E-state index in [0.29, 0.717) is 12.8 Å². The lowest BCUT2D eigenvalue weighted by Gasteiger charge is -2.34. The van der Waals surface area contributed by atoms with Crippen molar-refractivity contribution in [1.29, 1.82) is 0 Å². The number of alkyl halides is 6. The molecule has 0 aromatic carbocycles. The fraction of sp³-hybridized carbons (Fsp3) is 0.529. The average Bonchev–Trinajstić information content (AvgIpc) is 3.10. The van der Waals surface area contributed by atoms with E-state index in [2.05, 4.69) is 25.5 Å². The molecule has 4 rings (SSSR count). The summed E-state index contributed by atoms with van der Waals surface area (Å²) in [6, 6.07) is 0.823. The summed E-state index contributed by atoms with van der Waals surface area (Å²) < 4.78 is 79.4. The minimum atomic E-state index is -4.87. The van der Waals surface area contributed by atoms with Gasteiger partial charge in [0.1, 0.15) is 29.9 Å². The number of piperidine rings is 1. The third-order valence-electron chi connectivity index (χ3n) is 5.49. The number of aromatic amines is 1. The maximum absolute atomic E-state index is 13.6. The predicted octanol–water partition coefficient (Wildman–Crippen LogP) is 2.56. The number of anilines is 2. The second-order valence-electron chi connectivity index (χ2n) is 7.37. The number of carbonyl (C=O) groups is 1. The van der Waals surface area contributed by atoms with Gasteiger partial charge in [-0.3, -0.25) is 9.89 Å². The number of H-pyrrole nitrogens is 1. The molecule has 3 N–H and O–H groups in total. The van der Waals surface area contributed by atoms with Gasteiger partial charge in [0, 0.05) is 36.3 Å². The van der Waals surface area contributed by atoms with Crippen LogP contribution < -0.4 is 10.2 Å². The number of amides is 1. The molecule has 8 nitrogen and oxygen atoms in total. The first-order valence-corrected chi connectivity index (χ1v) is 9.24. The van der Waals surface area contributed by atoms with Crippen molar-refractivity contribution in [3.63, 3.8) is 0 Å². The normalized spacial score (nSPS) is 22.9. The lowest BCUT2D eigenvalue weighted by molar-refractivity contribution is -0.177. The molecule has 31 heavy (non-hydrogen) atoms. The average molecular weight is 450 g/mol. The summed E-state index contributed by atoms with van der Waals surface area (Å²) >= 11 is 0. The minimum Gasteiger partial charge on any atom is -0.382 e. The summed E-state index contributed by atoms with van der Waals surface area (Å²) in [5.74, 6) is -4.24. The molecule has 0 radical (unpaired) electrons. The Bertz CT molecular complexity index is 982. The van der Waals surface area contributed by atoms with E-state index >= 15 is 0 Å². The van der Waals surface area contributed by atoms with Crippen LogP contribution in [0.3, 0.4) is 0 Å². The SMILES string of the molecule is O=C1Nc2n[nH]c(C3CCN(c4cc(C(F)(F)F)ncn4)CC3)c2[C@@H](C(F)(F)F)[C@H]1O. The van der Waals surface area contributed by atoms with Crippen molar-refractivity contribution in [3.05, 3.63) is 29.3 Å². The highest BCUT2D eigenvalue weighted by molar-refractivity contribution is 5.97. The van der Waals surface area contributed by atoms with E-state index in [-0.39, 0.29) is 36.0 Å². The van der Waals surface area contributed by atoms with Crippen LogP contribution in [0.1, 0.15) is 41.6 Å². The van der Waals surface area contributed by atoms with Crippen molar-refractivity contribution < 1.29 is 36.2 Å². The number of halogens is 6. The number of nitrogens with zero attached hydrogens (tertiary/aromatic N) is 4. The molecule has 0 bridgehead atoms. The Morgan fingerprint density at radius 3 is 2.39 bits per heavy atom. The largest absolute Gasteiger partial charge is 0.433 e. The number of carbonyl (C=O) groups excluding carboxylic acids is 1. The first-order chi connectivity index (χ1) is 14.5. The van der Waals surface area contributed by atoms with Crippen molar-refractivity contribution in [2.24, 2.45) is 0 Å². The zero-order chi connectivity index (χ0) is 22.6. The number of aliphatic hydroxyl groups is 1. The number of hydrogen-bond donors (Lipinski definition) is 3. The Balaban J connectivity index is 1.55. The second-order valence-corrected chi connectivity index (χ2v) is 7.37. The van der Waals surface area contributed by atoms with Crippen LogP contribution in [0.15, 0.2) is 12.4 Å². The van der Waals surface area contributed by atoms with E-state index in [1.165, 1.54) is 0 Å². The van der Waals surface area contributed by atoms with E-state index in [9.17, 15) is 36.2 Å². The fourth-order valence-corrected chi connectivity index (χ4v) is 4.00. The third kappa shape index (κ3) is 3.91. The smallest absolute Gasteiger partial charge is 0.382 e. The molecule has 0 unspecified atom stereocenters. The van der Waals surface area contributed by atoms with E-state index in [0.717, 1.165) is 12.4 Å². The van der Waals surface area contributed by atoms with E-state index in [4.69, 9.17) is 0 Å². The molecule has 2 aromatic heterocycles. The lowest BCUT2D eigenvalue weighted by atomic mass is 9.83. The first kappa shape index (κ1) is 21.3. The van der Waals surface area contributed by atoms with Gasteiger partial charge in [0.2, 0.25) is 0 Å². The van der Waals surface area contributed by atoms with Crippen LogP contribution in [-0.4, -0.2) is 56.5 Å². The van der Waals surface area contributed by atoms with Crippen molar-refractivity contribution >= 4 is 17.5 Å². The van der Waals surface area contributed by atoms with Crippen LogP contribution in [0.25, 0.3) is 0 Å². The summed E-state index contributed by atoms with van der Waals surface area (Å²) in [7, 11) is 0. The Hall–Kier alpha value is -2.90. The summed E-state index contributed by atoms with van der Waals surface area (Å²) in [6.07, 6.45) is -10.4. The molecule has 2 aliphatic heterocycles. The molecule has 14 heteroatoms. The predicted molar refractivity (Wildman–Crippen MR) is 93.2 cm³/mol. The summed E-state index contributed by atoms with van der Waals surface area (Å²) in [4.78, 5) is 20.4. The highest BCUT2D eigenvalue weighted by Crippen LogP contribution is 2.47. The molecule has 0 aliphatic carbocycles. The van der Waals surface area contributed by atoms with Gasteiger partial charge in [-0.2, -0.15) is 31.4 Å². The molecular formula is C17H16F6N6O2. The van der Waals surface area contributed by atoms with Crippen LogP contribution in [0.2, 0.25) is 0 Å². The topological polar surface area (TPSA) is 107 Å². The standard InChI is InChI=1S/C17H16F6N6O2/c18-16(19,20)8-5-9(25-6-24-8)29-3-1-7(2-4-29)12-10-11(17(21,22)23)13(30)15(31)26-14(10)28-27-12/h5-7,11,13,30H,1-4H2,(H2,26,27,28,31)/t11-,13-/m1/s1. The molecule has 1 amide bonds. The van der Waals surface area contributed by atoms with Crippen LogP contribution in [0.5, 0.6) is 0 Å². The van der Waals surface area contributed by atoms with Crippen LogP contribution >= 0.6 is 0 Å². The number of fused-ring (bicyclic) bond motifs is 1. The van der Waals surface area contributed by atoms with Gasteiger partial charge in [0.05, 0.1) is 0 Å². The Kier molecular flexibility index (Phi) is 5.06. The third-order valence-corrected chi connectivity index (χ3v) is 5.49. The number of nitrogens with one attached hydrogen (secondary N) is 2. The summed E-state index contributed by atoms with van der Waals surface area (Å²) in [6.45, 7) is 0.469. The van der Waals surface area contributed by atoms with Crippen molar-refractivity contribution in [2.75, 3.05) is 23.3 Å². The molecule has 1 saturated heterocycles. The maximum atomic E-state index is 13.6. The van der Waals surface area contributed by atoms with Gasteiger partial charge in [0.25, 0.3) is 5.91 Å². The quantitative estimate of drug-likeness (QED) is 0.608. The highest BCUT2D eigenvalue weighted by Gasteiger charge is 2.53. The van der Waals surface area contributed by atoms with Crippen molar-refractivity contribution in [2.45, 2.75) is 43.1 Å². The monoisotopic (exact) mass is 450 g/mol. The van der Waals surface area contributed by atoms with Crippen molar-refractivity contribution in [1.82, 2.24) is 20.2 Å². The van der Waals surface area contributed by atoms with Crippen molar-refractivity contribution in [3.8, 4) is 0 Å². The zero-order valence-electron chi connectivity index (χ0n) is 15.6. The molecular weight excluding hydrogens is 434 g/mol.